The summed E-state index contributed by atoms with van der Waals surface area (Å²) in [6.45, 7) is 5.94. The molecule has 0 aliphatic carbocycles. The molecule has 5 rings (SSSR count). The SMILES string of the molecule is C=C(C)/C=C(\C=N/C)c1ccc2[nH]nc(-c3cc4c(-c5cc(F)cc(CNS(C)(=O)=O)c5)cccc4[nH]3)c2c1. The number of aromatic nitrogens is 3. The van der Waals surface area contributed by atoms with Crippen LogP contribution < -0.4 is 4.72 Å². The minimum atomic E-state index is -3.41. The smallest absolute Gasteiger partial charge is 0.209 e. The van der Waals surface area contributed by atoms with Crippen molar-refractivity contribution in [3.63, 3.8) is 0 Å². The second-order valence-corrected chi connectivity index (χ2v) is 11.4. The van der Waals surface area contributed by atoms with E-state index in [1.54, 1.807) is 13.1 Å². The highest BCUT2D eigenvalue weighted by molar-refractivity contribution is 7.88. The number of aliphatic imine (C=N–C) groups is 1. The summed E-state index contributed by atoms with van der Waals surface area (Å²) < 4.78 is 40.0. The lowest BCUT2D eigenvalue weighted by Crippen LogP contribution is -2.21. The lowest BCUT2D eigenvalue weighted by Gasteiger charge is -2.08. The Labute approximate surface area is 226 Å². The fourth-order valence-electron chi connectivity index (χ4n) is 4.66. The molecule has 2 aromatic heterocycles. The van der Waals surface area contributed by atoms with Gasteiger partial charge in [-0.05, 0) is 77.2 Å². The number of nitrogens with one attached hydrogen (secondary N) is 3. The number of H-pyrrole nitrogens is 2. The van der Waals surface area contributed by atoms with Crippen LogP contribution in [0.25, 0.3) is 49.9 Å². The maximum atomic E-state index is 14.6. The molecule has 0 spiro atoms. The molecule has 0 amide bonds. The number of aromatic amines is 2. The van der Waals surface area contributed by atoms with Gasteiger partial charge in [0.1, 0.15) is 11.5 Å². The number of fused-ring (bicyclic) bond motifs is 2. The Balaban J connectivity index is 1.60. The van der Waals surface area contributed by atoms with E-state index in [4.69, 9.17) is 0 Å². The van der Waals surface area contributed by atoms with Crippen LogP contribution in [0, 0.1) is 5.82 Å². The average molecular weight is 542 g/mol. The maximum absolute atomic E-state index is 14.6. The van der Waals surface area contributed by atoms with E-state index in [1.807, 2.05) is 55.6 Å². The van der Waals surface area contributed by atoms with Gasteiger partial charge in [-0.15, -0.1) is 0 Å². The number of halogens is 1. The van der Waals surface area contributed by atoms with Gasteiger partial charge in [0.05, 0.1) is 17.5 Å². The second kappa shape index (κ2) is 10.4. The van der Waals surface area contributed by atoms with Crippen molar-refractivity contribution in [2.75, 3.05) is 13.3 Å². The van der Waals surface area contributed by atoms with Gasteiger partial charge in [-0.1, -0.05) is 36.4 Å². The lowest BCUT2D eigenvalue weighted by atomic mass is 9.99. The molecule has 0 bridgehead atoms. The third kappa shape index (κ3) is 5.74. The van der Waals surface area contributed by atoms with Crippen LogP contribution in [0.2, 0.25) is 0 Å². The third-order valence-corrected chi connectivity index (χ3v) is 6.96. The molecule has 0 saturated carbocycles. The van der Waals surface area contributed by atoms with E-state index < -0.39 is 15.8 Å². The first-order valence-corrected chi connectivity index (χ1v) is 14.1. The number of hydrogen-bond donors (Lipinski definition) is 3. The number of nitrogens with zero attached hydrogens (tertiary/aromatic N) is 2. The first kappa shape index (κ1) is 26.3. The highest BCUT2D eigenvalue weighted by Crippen LogP contribution is 2.35. The van der Waals surface area contributed by atoms with Gasteiger partial charge in [-0.3, -0.25) is 10.1 Å². The van der Waals surface area contributed by atoms with Crippen LogP contribution in [-0.2, 0) is 16.6 Å². The summed E-state index contributed by atoms with van der Waals surface area (Å²) in [5, 5.41) is 9.54. The Morgan fingerprint density at radius 1 is 1.10 bits per heavy atom. The average Bonchev–Trinajstić information content (AvgIpc) is 3.49. The van der Waals surface area contributed by atoms with Crippen molar-refractivity contribution >= 4 is 43.6 Å². The zero-order valence-electron chi connectivity index (χ0n) is 21.8. The molecule has 39 heavy (non-hydrogen) atoms. The van der Waals surface area contributed by atoms with E-state index in [2.05, 4.69) is 37.5 Å². The summed E-state index contributed by atoms with van der Waals surface area (Å²) in [6.07, 6.45) is 4.87. The van der Waals surface area contributed by atoms with Crippen LogP contribution in [0.15, 0.2) is 83.9 Å². The highest BCUT2D eigenvalue weighted by atomic mass is 32.2. The largest absolute Gasteiger partial charge is 0.353 e. The van der Waals surface area contributed by atoms with Gasteiger partial charge in [-0.2, -0.15) is 5.10 Å². The van der Waals surface area contributed by atoms with Crippen LogP contribution in [0.1, 0.15) is 18.1 Å². The summed E-state index contributed by atoms with van der Waals surface area (Å²) in [5.41, 5.74) is 8.20. The molecule has 0 aliphatic rings. The number of rotatable bonds is 8. The van der Waals surface area contributed by atoms with Gasteiger partial charge in [0.15, 0.2) is 0 Å². The Hall–Kier alpha value is -4.34. The summed E-state index contributed by atoms with van der Waals surface area (Å²) in [5.74, 6) is -0.439. The summed E-state index contributed by atoms with van der Waals surface area (Å²) >= 11 is 0. The quantitative estimate of drug-likeness (QED) is 0.160. The van der Waals surface area contributed by atoms with Gasteiger partial charge >= 0.3 is 0 Å². The molecule has 0 fully saturated rings. The first-order chi connectivity index (χ1) is 18.6. The van der Waals surface area contributed by atoms with Crippen LogP contribution in [0.3, 0.4) is 0 Å². The number of allylic oxidation sites excluding steroid dienone is 3. The molecule has 0 aliphatic heterocycles. The van der Waals surface area contributed by atoms with Gasteiger partial charge in [0, 0.05) is 36.1 Å². The van der Waals surface area contributed by atoms with E-state index >= 15 is 0 Å². The molecule has 9 heteroatoms. The Morgan fingerprint density at radius 3 is 2.67 bits per heavy atom. The monoisotopic (exact) mass is 541 g/mol. The molecule has 2 heterocycles. The van der Waals surface area contributed by atoms with Crippen molar-refractivity contribution in [2.45, 2.75) is 13.5 Å². The minimum absolute atomic E-state index is 0.00407. The zero-order chi connectivity index (χ0) is 27.7. The van der Waals surface area contributed by atoms with E-state index in [0.29, 0.717) is 11.1 Å². The Bertz CT molecular complexity index is 1900. The molecule has 5 aromatic rings. The summed E-state index contributed by atoms with van der Waals surface area (Å²) in [6, 6.07) is 18.4. The van der Waals surface area contributed by atoms with E-state index in [-0.39, 0.29) is 6.54 Å². The van der Waals surface area contributed by atoms with Gasteiger partial charge in [-0.25, -0.2) is 17.5 Å². The molecular weight excluding hydrogens is 513 g/mol. The van der Waals surface area contributed by atoms with E-state index in [0.717, 1.165) is 61.7 Å². The van der Waals surface area contributed by atoms with Crippen molar-refractivity contribution in [3.8, 4) is 22.5 Å². The van der Waals surface area contributed by atoms with Crippen LogP contribution in [-0.4, -0.2) is 43.1 Å². The van der Waals surface area contributed by atoms with Gasteiger partial charge < -0.3 is 4.98 Å². The first-order valence-electron chi connectivity index (χ1n) is 12.3. The molecule has 7 nitrogen and oxygen atoms in total. The number of benzene rings is 3. The summed E-state index contributed by atoms with van der Waals surface area (Å²) in [4.78, 5) is 7.65. The molecule has 0 atom stereocenters. The van der Waals surface area contributed by atoms with Crippen LogP contribution in [0.4, 0.5) is 4.39 Å². The Kier molecular flexibility index (Phi) is 7.03. The normalized spacial score (nSPS) is 12.7. The number of sulfonamides is 1. The molecule has 198 valence electrons. The lowest BCUT2D eigenvalue weighted by molar-refractivity contribution is 0.586. The van der Waals surface area contributed by atoms with Crippen LogP contribution in [0.5, 0.6) is 0 Å². The van der Waals surface area contributed by atoms with Gasteiger partial charge in [0.2, 0.25) is 10.0 Å². The molecule has 3 aromatic carbocycles. The molecule has 3 N–H and O–H groups in total. The number of hydrogen-bond acceptors (Lipinski definition) is 4. The van der Waals surface area contributed by atoms with Crippen molar-refractivity contribution < 1.29 is 12.8 Å². The zero-order valence-corrected chi connectivity index (χ0v) is 22.7. The maximum Gasteiger partial charge on any atom is 0.209 e. The minimum Gasteiger partial charge on any atom is -0.353 e. The third-order valence-electron chi connectivity index (χ3n) is 6.29. The van der Waals surface area contributed by atoms with E-state index in [1.165, 1.54) is 12.1 Å². The standard InChI is InChI=1S/C30H28FN5O2S/c1-18(2)10-22(17-32-3)20-8-9-28-26(14-20)30(36-35-28)29-15-25-24(6-5-7-27(25)34-29)21-11-19(12-23(31)13-21)16-33-39(4,37)38/h5-15,17,33-34H,1,16H2,2-4H3,(H,35,36)/b22-10+,32-17-. The van der Waals surface area contributed by atoms with Crippen molar-refractivity contribution in [2.24, 2.45) is 4.99 Å². The summed E-state index contributed by atoms with van der Waals surface area (Å²) in [7, 11) is -1.67. The van der Waals surface area contributed by atoms with Crippen molar-refractivity contribution in [1.29, 1.82) is 0 Å². The molecule has 0 radical (unpaired) electrons. The Morgan fingerprint density at radius 2 is 1.92 bits per heavy atom. The molecule has 0 saturated heterocycles. The fourth-order valence-corrected chi connectivity index (χ4v) is 5.08. The molecule has 0 unspecified atom stereocenters. The highest BCUT2D eigenvalue weighted by Gasteiger charge is 2.15. The fraction of sp³-hybridized carbons (Fsp3) is 0.133. The predicted molar refractivity (Wildman–Crippen MR) is 158 cm³/mol. The van der Waals surface area contributed by atoms with Gasteiger partial charge in [0.25, 0.3) is 0 Å². The van der Waals surface area contributed by atoms with Crippen LogP contribution >= 0.6 is 0 Å². The van der Waals surface area contributed by atoms with Crippen molar-refractivity contribution in [3.05, 3.63) is 95.8 Å². The van der Waals surface area contributed by atoms with E-state index in [9.17, 15) is 12.8 Å². The predicted octanol–water partition coefficient (Wildman–Crippen LogP) is 6.23. The molecular formula is C30H28FN5O2S. The van der Waals surface area contributed by atoms with Crippen molar-refractivity contribution in [1.82, 2.24) is 19.9 Å². The topological polar surface area (TPSA) is 103 Å². The second-order valence-electron chi connectivity index (χ2n) is 9.56.